The highest BCUT2D eigenvalue weighted by Crippen LogP contribution is 2.28. The van der Waals surface area contributed by atoms with Gasteiger partial charge in [0, 0.05) is 24.5 Å². The molecule has 0 radical (unpaired) electrons. The van der Waals surface area contributed by atoms with E-state index in [2.05, 4.69) is 10.3 Å². The van der Waals surface area contributed by atoms with E-state index in [0.717, 1.165) is 22.9 Å². The van der Waals surface area contributed by atoms with Crippen molar-refractivity contribution in [2.75, 3.05) is 6.54 Å². The van der Waals surface area contributed by atoms with Crippen LogP contribution in [0.5, 0.6) is 0 Å². The lowest BCUT2D eigenvalue weighted by atomic mass is 10.0. The number of fused-ring (bicyclic) bond motifs is 1. The second-order valence-electron chi connectivity index (χ2n) is 7.01. The summed E-state index contributed by atoms with van der Waals surface area (Å²) < 4.78 is 39.9. The fourth-order valence-electron chi connectivity index (χ4n) is 3.47. The van der Waals surface area contributed by atoms with Gasteiger partial charge in [0.05, 0.1) is 4.90 Å². The van der Waals surface area contributed by atoms with Crippen LogP contribution in [0.1, 0.15) is 21.2 Å². The van der Waals surface area contributed by atoms with Crippen molar-refractivity contribution in [3.63, 3.8) is 0 Å². The van der Waals surface area contributed by atoms with E-state index in [1.54, 1.807) is 30.5 Å². The first-order chi connectivity index (χ1) is 15.0. The van der Waals surface area contributed by atoms with Gasteiger partial charge < -0.3 is 5.32 Å². The zero-order valence-electron chi connectivity index (χ0n) is 16.4. The number of pyridine rings is 1. The van der Waals surface area contributed by atoms with Crippen LogP contribution in [0.4, 0.5) is 4.39 Å². The SMILES string of the molecule is O=C(NCC(c1cccnc1)S(=O)(=O)c1ccc(F)cc1)c1cccc2ccccc12. The third kappa shape index (κ3) is 4.32. The van der Waals surface area contributed by atoms with Crippen LogP contribution in [0.2, 0.25) is 0 Å². The van der Waals surface area contributed by atoms with Crippen LogP contribution in [0, 0.1) is 5.82 Å². The molecule has 0 spiro atoms. The van der Waals surface area contributed by atoms with Crippen molar-refractivity contribution < 1.29 is 17.6 Å². The average molecular weight is 434 g/mol. The van der Waals surface area contributed by atoms with Gasteiger partial charge in [-0.05, 0) is 52.7 Å². The highest BCUT2D eigenvalue weighted by molar-refractivity contribution is 7.91. The van der Waals surface area contributed by atoms with E-state index in [1.807, 2.05) is 30.3 Å². The monoisotopic (exact) mass is 434 g/mol. The summed E-state index contributed by atoms with van der Waals surface area (Å²) in [5.74, 6) is -0.902. The third-order valence-electron chi connectivity index (χ3n) is 5.06. The Morgan fingerprint density at radius 2 is 1.68 bits per heavy atom. The average Bonchev–Trinajstić information content (AvgIpc) is 2.79. The smallest absolute Gasteiger partial charge is 0.251 e. The Morgan fingerprint density at radius 1 is 0.935 bits per heavy atom. The predicted molar refractivity (Wildman–Crippen MR) is 117 cm³/mol. The summed E-state index contributed by atoms with van der Waals surface area (Å²) in [5, 5.41) is 3.37. The van der Waals surface area contributed by atoms with Gasteiger partial charge in [-0.2, -0.15) is 0 Å². The van der Waals surface area contributed by atoms with Crippen molar-refractivity contribution in [1.29, 1.82) is 0 Å². The second-order valence-corrected chi connectivity index (χ2v) is 9.14. The van der Waals surface area contributed by atoms with Crippen molar-refractivity contribution >= 4 is 26.5 Å². The highest BCUT2D eigenvalue weighted by atomic mass is 32.2. The molecule has 0 aliphatic rings. The van der Waals surface area contributed by atoms with Crippen LogP contribution in [-0.2, 0) is 9.84 Å². The summed E-state index contributed by atoms with van der Waals surface area (Å²) in [6.07, 6.45) is 3.00. The molecule has 1 aromatic heterocycles. The summed E-state index contributed by atoms with van der Waals surface area (Å²) in [7, 11) is -3.91. The number of carbonyl (C=O) groups is 1. The maximum absolute atomic E-state index is 13.3. The van der Waals surface area contributed by atoms with Crippen LogP contribution in [0.3, 0.4) is 0 Å². The van der Waals surface area contributed by atoms with Gasteiger partial charge in [0.15, 0.2) is 9.84 Å². The molecule has 4 rings (SSSR count). The zero-order valence-corrected chi connectivity index (χ0v) is 17.2. The lowest BCUT2D eigenvalue weighted by Gasteiger charge is -2.19. The molecule has 0 aliphatic heterocycles. The molecular formula is C24H19FN2O3S. The Balaban J connectivity index is 1.66. The Morgan fingerprint density at radius 3 is 2.42 bits per heavy atom. The number of sulfone groups is 1. The minimum atomic E-state index is -3.91. The molecule has 0 bridgehead atoms. The van der Waals surface area contributed by atoms with Gasteiger partial charge in [-0.1, -0.05) is 42.5 Å². The van der Waals surface area contributed by atoms with E-state index in [1.165, 1.54) is 18.3 Å². The van der Waals surface area contributed by atoms with Crippen molar-refractivity contribution in [3.05, 3.63) is 108 Å². The number of nitrogens with one attached hydrogen (secondary N) is 1. The molecule has 7 heteroatoms. The molecule has 1 N–H and O–H groups in total. The normalized spacial score (nSPS) is 12.4. The molecule has 0 aliphatic carbocycles. The van der Waals surface area contributed by atoms with E-state index in [-0.39, 0.29) is 17.3 Å². The van der Waals surface area contributed by atoms with Gasteiger partial charge in [-0.15, -0.1) is 0 Å². The molecule has 31 heavy (non-hydrogen) atoms. The standard InChI is InChI=1S/C24H19FN2O3S/c25-19-10-12-20(13-11-19)31(29,30)23(18-7-4-14-26-15-18)16-27-24(28)22-9-3-6-17-5-1-2-8-21(17)22/h1-15,23H,16H2,(H,27,28). The van der Waals surface area contributed by atoms with Crippen LogP contribution in [0.25, 0.3) is 10.8 Å². The summed E-state index contributed by atoms with van der Waals surface area (Å²) in [6.45, 7) is -0.159. The number of aromatic nitrogens is 1. The molecule has 1 heterocycles. The van der Waals surface area contributed by atoms with Gasteiger partial charge in [-0.3, -0.25) is 9.78 Å². The van der Waals surface area contributed by atoms with E-state index in [0.29, 0.717) is 11.1 Å². The number of carbonyl (C=O) groups excluding carboxylic acids is 1. The van der Waals surface area contributed by atoms with Crippen molar-refractivity contribution in [3.8, 4) is 0 Å². The molecule has 0 saturated heterocycles. The first kappa shape index (κ1) is 20.7. The van der Waals surface area contributed by atoms with Gasteiger partial charge in [0.1, 0.15) is 11.1 Å². The van der Waals surface area contributed by atoms with Gasteiger partial charge >= 0.3 is 0 Å². The van der Waals surface area contributed by atoms with Crippen molar-refractivity contribution in [1.82, 2.24) is 10.3 Å². The number of hydrogen-bond acceptors (Lipinski definition) is 4. The molecule has 3 aromatic carbocycles. The molecule has 1 unspecified atom stereocenters. The van der Waals surface area contributed by atoms with Gasteiger partial charge in [0.2, 0.25) is 0 Å². The summed E-state index contributed by atoms with van der Waals surface area (Å²) in [6, 6.07) is 20.8. The predicted octanol–water partition coefficient (Wildman–Crippen LogP) is 4.32. The Labute approximate surface area is 179 Å². The topological polar surface area (TPSA) is 76.1 Å². The van der Waals surface area contributed by atoms with Crippen molar-refractivity contribution in [2.45, 2.75) is 10.1 Å². The van der Waals surface area contributed by atoms with E-state index in [9.17, 15) is 17.6 Å². The fraction of sp³-hybridized carbons (Fsp3) is 0.0833. The lowest BCUT2D eigenvalue weighted by Crippen LogP contribution is -2.32. The quantitative estimate of drug-likeness (QED) is 0.459. The number of hydrogen-bond donors (Lipinski definition) is 1. The van der Waals surface area contributed by atoms with E-state index < -0.39 is 20.9 Å². The van der Waals surface area contributed by atoms with E-state index >= 15 is 0 Å². The number of benzene rings is 3. The summed E-state index contributed by atoms with van der Waals surface area (Å²) in [5.41, 5.74) is 0.896. The Bertz CT molecular complexity index is 1320. The Kier molecular flexibility index (Phi) is 5.77. The van der Waals surface area contributed by atoms with Crippen LogP contribution in [0.15, 0.2) is 96.2 Å². The first-order valence-corrected chi connectivity index (χ1v) is 11.2. The molecular weight excluding hydrogens is 415 g/mol. The van der Waals surface area contributed by atoms with Gasteiger partial charge in [0.25, 0.3) is 5.91 Å². The number of halogens is 1. The number of rotatable bonds is 6. The largest absolute Gasteiger partial charge is 0.350 e. The molecule has 4 aromatic rings. The minimum absolute atomic E-state index is 0.0258. The first-order valence-electron chi connectivity index (χ1n) is 9.62. The van der Waals surface area contributed by atoms with Crippen LogP contribution in [-0.4, -0.2) is 25.9 Å². The Hall–Kier alpha value is -3.58. The van der Waals surface area contributed by atoms with Crippen LogP contribution < -0.4 is 5.32 Å². The fourth-order valence-corrected chi connectivity index (χ4v) is 5.11. The lowest BCUT2D eigenvalue weighted by molar-refractivity contribution is 0.0955. The number of nitrogens with zero attached hydrogens (tertiary/aromatic N) is 1. The maximum atomic E-state index is 13.3. The second kappa shape index (κ2) is 8.65. The van der Waals surface area contributed by atoms with Crippen LogP contribution >= 0.6 is 0 Å². The van der Waals surface area contributed by atoms with E-state index in [4.69, 9.17) is 0 Å². The number of amides is 1. The summed E-state index contributed by atoms with van der Waals surface area (Å²) >= 11 is 0. The van der Waals surface area contributed by atoms with Crippen molar-refractivity contribution in [2.24, 2.45) is 0 Å². The molecule has 1 atom stereocenters. The molecule has 5 nitrogen and oxygen atoms in total. The third-order valence-corrected chi connectivity index (χ3v) is 7.17. The molecule has 0 fully saturated rings. The molecule has 0 saturated carbocycles. The molecule has 1 amide bonds. The highest BCUT2D eigenvalue weighted by Gasteiger charge is 2.30. The summed E-state index contributed by atoms with van der Waals surface area (Å²) in [4.78, 5) is 16.9. The zero-order chi connectivity index (χ0) is 21.8. The van der Waals surface area contributed by atoms with Gasteiger partial charge in [-0.25, -0.2) is 12.8 Å². The minimum Gasteiger partial charge on any atom is -0.350 e. The maximum Gasteiger partial charge on any atom is 0.251 e. The molecule has 156 valence electrons.